The number of nitrogens with zero attached hydrogens (tertiary/aromatic N) is 2. The summed E-state index contributed by atoms with van der Waals surface area (Å²) in [6.07, 6.45) is -1.26. The quantitative estimate of drug-likeness (QED) is 0.748. The van der Waals surface area contributed by atoms with Gasteiger partial charge in [0.25, 0.3) is 12.3 Å². The summed E-state index contributed by atoms with van der Waals surface area (Å²) in [5.41, 5.74) is 1.45. The van der Waals surface area contributed by atoms with Crippen LogP contribution in [0.4, 0.5) is 14.6 Å². The Morgan fingerprint density at radius 3 is 2.67 bits per heavy atom. The Morgan fingerprint density at radius 2 is 2.04 bits per heavy atom. The molecule has 0 fully saturated rings. The average molecular weight is 399 g/mol. The van der Waals surface area contributed by atoms with Gasteiger partial charge in [-0.1, -0.05) is 11.6 Å². The van der Waals surface area contributed by atoms with Gasteiger partial charge in [-0.2, -0.15) is 0 Å². The summed E-state index contributed by atoms with van der Waals surface area (Å²) >= 11 is 5.94. The molecule has 2 heterocycles. The number of halogens is 3. The van der Waals surface area contributed by atoms with Crippen molar-refractivity contribution < 1.29 is 23.1 Å². The minimum Gasteiger partial charge on any atom is -0.471 e. The smallest absolute Gasteiger partial charge is 0.272 e. The number of aromatic nitrogens is 2. The summed E-state index contributed by atoms with van der Waals surface area (Å²) in [6.45, 7) is 2.34. The van der Waals surface area contributed by atoms with Crippen molar-refractivity contribution in [3.8, 4) is 5.88 Å². The number of aryl methyl sites for hydroxylation is 1. The van der Waals surface area contributed by atoms with Crippen LogP contribution < -0.4 is 15.4 Å². The van der Waals surface area contributed by atoms with Crippen LogP contribution in [0.15, 0.2) is 24.4 Å². The topological polar surface area (TPSA) is 93.2 Å². The van der Waals surface area contributed by atoms with Crippen LogP contribution in [-0.2, 0) is 11.3 Å². The maximum Gasteiger partial charge on any atom is 0.272 e. The van der Waals surface area contributed by atoms with E-state index in [2.05, 4.69) is 20.6 Å². The number of alkyl halides is 2. The lowest BCUT2D eigenvalue weighted by Crippen LogP contribution is -2.23. The van der Waals surface area contributed by atoms with Crippen LogP contribution >= 0.6 is 11.6 Å². The lowest BCUT2D eigenvalue weighted by atomic mass is 10.2. The highest BCUT2D eigenvalue weighted by Crippen LogP contribution is 2.23. The predicted molar refractivity (Wildman–Crippen MR) is 95.2 cm³/mol. The van der Waals surface area contributed by atoms with Crippen LogP contribution in [-0.4, -0.2) is 34.8 Å². The molecule has 2 aromatic rings. The van der Waals surface area contributed by atoms with Gasteiger partial charge in [-0.25, -0.2) is 18.7 Å². The van der Waals surface area contributed by atoms with Gasteiger partial charge in [0.2, 0.25) is 11.8 Å². The first-order chi connectivity index (χ1) is 12.7. The zero-order valence-corrected chi connectivity index (χ0v) is 15.3. The molecular weight excluding hydrogens is 382 g/mol. The summed E-state index contributed by atoms with van der Waals surface area (Å²) < 4.78 is 29.1. The second-order valence-electron chi connectivity index (χ2n) is 5.58. The fourth-order valence-corrected chi connectivity index (χ4v) is 2.38. The first-order valence-corrected chi connectivity index (χ1v) is 8.22. The zero-order chi connectivity index (χ0) is 20.0. The van der Waals surface area contributed by atoms with Gasteiger partial charge in [0, 0.05) is 30.9 Å². The number of hydrogen-bond donors (Lipinski definition) is 2. The van der Waals surface area contributed by atoms with E-state index in [1.165, 1.54) is 25.3 Å². The highest BCUT2D eigenvalue weighted by atomic mass is 35.5. The molecule has 0 unspecified atom stereocenters. The van der Waals surface area contributed by atoms with Crippen LogP contribution in [0, 0.1) is 6.92 Å². The number of carbonyl (C=O) groups is 2. The monoisotopic (exact) mass is 398 g/mol. The molecule has 2 N–H and O–H groups in total. The molecule has 2 aromatic heterocycles. The minimum atomic E-state index is -2.63. The fraction of sp³-hybridized carbons (Fsp3) is 0.294. The molecule has 0 bridgehead atoms. The Hall–Kier alpha value is -2.81. The molecule has 2 rings (SSSR count). The molecule has 0 aliphatic rings. The van der Waals surface area contributed by atoms with E-state index >= 15 is 0 Å². The lowest BCUT2D eigenvalue weighted by Gasteiger charge is -2.10. The van der Waals surface area contributed by atoms with E-state index in [1.54, 1.807) is 13.0 Å². The van der Waals surface area contributed by atoms with Crippen LogP contribution in [0.1, 0.15) is 28.5 Å². The second-order valence-corrected chi connectivity index (χ2v) is 5.99. The SMILES string of the molecule is CC(=O)Nc1cc(C(=O)NCc2cnc(OCC(F)F)c(Cl)c2)cc(C)n1. The Kier molecular flexibility index (Phi) is 7.00. The van der Waals surface area contributed by atoms with Crippen molar-refractivity contribution in [1.29, 1.82) is 0 Å². The molecule has 0 atom stereocenters. The van der Waals surface area contributed by atoms with Gasteiger partial charge in [0.15, 0.2) is 6.61 Å². The Balaban J connectivity index is 2.02. The van der Waals surface area contributed by atoms with E-state index < -0.39 is 13.0 Å². The van der Waals surface area contributed by atoms with Crippen molar-refractivity contribution in [2.75, 3.05) is 11.9 Å². The van der Waals surface area contributed by atoms with E-state index in [0.29, 0.717) is 16.8 Å². The summed E-state index contributed by atoms with van der Waals surface area (Å²) in [5.74, 6) is -0.509. The minimum absolute atomic E-state index is 0.0649. The summed E-state index contributed by atoms with van der Waals surface area (Å²) in [5, 5.41) is 5.27. The average Bonchev–Trinajstić information content (AvgIpc) is 2.57. The molecule has 0 spiro atoms. The van der Waals surface area contributed by atoms with Crippen molar-refractivity contribution in [1.82, 2.24) is 15.3 Å². The third-order valence-corrected chi connectivity index (χ3v) is 3.45. The Bertz CT molecular complexity index is 849. The third-order valence-electron chi connectivity index (χ3n) is 3.18. The highest BCUT2D eigenvalue weighted by molar-refractivity contribution is 6.31. The first-order valence-electron chi connectivity index (χ1n) is 7.84. The molecule has 0 aliphatic carbocycles. The second kappa shape index (κ2) is 9.22. The lowest BCUT2D eigenvalue weighted by molar-refractivity contribution is -0.114. The van der Waals surface area contributed by atoms with E-state index in [9.17, 15) is 18.4 Å². The van der Waals surface area contributed by atoms with Crippen LogP contribution in [0.2, 0.25) is 5.02 Å². The number of amides is 2. The largest absolute Gasteiger partial charge is 0.471 e. The van der Waals surface area contributed by atoms with Gasteiger partial charge in [-0.05, 0) is 30.7 Å². The Morgan fingerprint density at radius 1 is 1.30 bits per heavy atom. The first kappa shape index (κ1) is 20.5. The van der Waals surface area contributed by atoms with Crippen molar-refractivity contribution >= 4 is 29.2 Å². The number of pyridine rings is 2. The fourth-order valence-electron chi connectivity index (χ4n) is 2.14. The molecule has 0 saturated carbocycles. The predicted octanol–water partition coefficient (Wildman–Crippen LogP) is 2.97. The van der Waals surface area contributed by atoms with E-state index in [0.717, 1.165) is 0 Å². The van der Waals surface area contributed by atoms with E-state index in [1.807, 2.05) is 0 Å². The van der Waals surface area contributed by atoms with Crippen LogP contribution in [0.25, 0.3) is 0 Å². The van der Waals surface area contributed by atoms with E-state index in [-0.39, 0.29) is 35.1 Å². The highest BCUT2D eigenvalue weighted by Gasteiger charge is 2.12. The molecule has 27 heavy (non-hydrogen) atoms. The third kappa shape index (κ3) is 6.45. The van der Waals surface area contributed by atoms with Crippen molar-refractivity contribution in [2.24, 2.45) is 0 Å². The molecule has 10 heteroatoms. The van der Waals surface area contributed by atoms with Crippen molar-refractivity contribution in [3.05, 3.63) is 46.2 Å². The molecule has 0 aliphatic heterocycles. The molecule has 2 amide bonds. The number of nitrogens with one attached hydrogen (secondary N) is 2. The molecular formula is C17H17ClF2N4O3. The molecule has 144 valence electrons. The molecule has 0 saturated heterocycles. The van der Waals surface area contributed by atoms with Gasteiger partial charge in [-0.3, -0.25) is 9.59 Å². The summed E-state index contributed by atoms with van der Waals surface area (Å²) in [6, 6.07) is 4.50. The normalized spacial score (nSPS) is 10.6. The van der Waals surface area contributed by atoms with E-state index in [4.69, 9.17) is 16.3 Å². The summed E-state index contributed by atoms with van der Waals surface area (Å²) in [7, 11) is 0. The molecule has 0 radical (unpaired) electrons. The zero-order valence-electron chi connectivity index (χ0n) is 14.6. The van der Waals surface area contributed by atoms with Crippen LogP contribution in [0.3, 0.4) is 0 Å². The van der Waals surface area contributed by atoms with Gasteiger partial charge in [-0.15, -0.1) is 0 Å². The van der Waals surface area contributed by atoms with Crippen molar-refractivity contribution in [3.63, 3.8) is 0 Å². The van der Waals surface area contributed by atoms with Gasteiger partial charge >= 0.3 is 0 Å². The maximum atomic E-state index is 12.3. The number of carbonyl (C=O) groups excluding carboxylic acids is 2. The maximum absolute atomic E-state index is 12.3. The molecule has 7 nitrogen and oxygen atoms in total. The van der Waals surface area contributed by atoms with Gasteiger partial charge < -0.3 is 15.4 Å². The Labute approximate surface area is 159 Å². The summed E-state index contributed by atoms with van der Waals surface area (Å²) in [4.78, 5) is 31.4. The number of hydrogen-bond acceptors (Lipinski definition) is 5. The number of ether oxygens (including phenoxy) is 1. The van der Waals surface area contributed by atoms with Crippen molar-refractivity contribution in [2.45, 2.75) is 26.8 Å². The van der Waals surface area contributed by atoms with Gasteiger partial charge in [0.05, 0.1) is 0 Å². The number of anilines is 1. The molecule has 0 aromatic carbocycles. The standard InChI is InChI=1S/C17H17ClF2N4O3/c1-9-3-12(5-15(23-9)24-10(2)25)16(26)21-6-11-4-13(18)17(22-7-11)27-8-14(19)20/h3-5,7,14H,6,8H2,1-2H3,(H,21,26)(H,23,24,25). The number of rotatable bonds is 7. The van der Waals surface area contributed by atoms with Crippen LogP contribution in [0.5, 0.6) is 5.88 Å². The van der Waals surface area contributed by atoms with Gasteiger partial charge in [0.1, 0.15) is 10.8 Å².